The van der Waals surface area contributed by atoms with Crippen molar-refractivity contribution in [3.05, 3.63) is 47.7 Å². The molecule has 1 aliphatic heterocycles. The lowest BCUT2D eigenvalue weighted by atomic mass is 10.2. The largest absolute Gasteiger partial charge is 0.390 e. The molecule has 3 rings (SSSR count). The number of rotatable bonds is 2. The molecule has 1 aromatic heterocycles. The van der Waals surface area contributed by atoms with Crippen LogP contribution in [-0.4, -0.2) is 14.9 Å². The van der Waals surface area contributed by atoms with Gasteiger partial charge in [-0.05, 0) is 0 Å². The summed E-state index contributed by atoms with van der Waals surface area (Å²) in [7, 11) is 0. The minimum atomic E-state index is -0.198. The average Bonchev–Trinajstić information content (AvgIpc) is 2.88. The number of aromatic nitrogens is 2. The summed E-state index contributed by atoms with van der Waals surface area (Å²) in [5, 5.41) is 21.4. The van der Waals surface area contributed by atoms with Crippen LogP contribution in [-0.2, 0) is 6.61 Å². The number of nitrogens with zero attached hydrogens (tertiary/aromatic N) is 4. The Kier molecular flexibility index (Phi) is 2.04. The van der Waals surface area contributed by atoms with E-state index in [0.29, 0.717) is 11.5 Å². The summed E-state index contributed by atoms with van der Waals surface area (Å²) in [5.41, 5.74) is 1.66. The summed E-state index contributed by atoms with van der Waals surface area (Å²) in [5.74, 6) is 0.693. The standard InChI is InChI=1S/C11H10N4O/c16-7-9-6-10-12-13-11(15(10)14-9)8-4-2-1-3-5-8/h1-6,11,16H,7H2. The van der Waals surface area contributed by atoms with Crippen LogP contribution < -0.4 is 0 Å². The molecule has 1 N–H and O–H groups in total. The number of hydrogen-bond acceptors (Lipinski definition) is 4. The Labute approximate surface area is 92.1 Å². The first-order valence-corrected chi connectivity index (χ1v) is 5.03. The molecule has 0 bridgehead atoms. The van der Waals surface area contributed by atoms with Gasteiger partial charge >= 0.3 is 0 Å². The fraction of sp³-hybridized carbons (Fsp3) is 0.182. The van der Waals surface area contributed by atoms with Crippen molar-refractivity contribution < 1.29 is 5.11 Å². The van der Waals surface area contributed by atoms with E-state index < -0.39 is 0 Å². The number of azo groups is 1. The summed E-state index contributed by atoms with van der Waals surface area (Å²) in [4.78, 5) is 0. The molecule has 0 amide bonds. The highest BCUT2D eigenvalue weighted by molar-refractivity contribution is 5.35. The molecular weight excluding hydrogens is 204 g/mol. The quantitative estimate of drug-likeness (QED) is 0.831. The fourth-order valence-corrected chi connectivity index (χ4v) is 1.76. The smallest absolute Gasteiger partial charge is 0.190 e. The van der Waals surface area contributed by atoms with Crippen molar-refractivity contribution in [3.63, 3.8) is 0 Å². The van der Waals surface area contributed by atoms with Gasteiger partial charge in [0.15, 0.2) is 12.0 Å². The maximum Gasteiger partial charge on any atom is 0.190 e. The molecule has 0 radical (unpaired) electrons. The highest BCUT2D eigenvalue weighted by Gasteiger charge is 2.23. The Bertz CT molecular complexity index is 532. The summed E-state index contributed by atoms with van der Waals surface area (Å²) < 4.78 is 1.72. The first-order valence-electron chi connectivity index (χ1n) is 5.03. The molecule has 0 fully saturated rings. The Morgan fingerprint density at radius 3 is 2.81 bits per heavy atom. The molecule has 0 saturated heterocycles. The van der Waals surface area contributed by atoms with Gasteiger partial charge in [-0.1, -0.05) is 30.3 Å². The van der Waals surface area contributed by atoms with Crippen molar-refractivity contribution in [2.45, 2.75) is 12.8 Å². The maximum absolute atomic E-state index is 9.00. The Morgan fingerprint density at radius 2 is 2.06 bits per heavy atom. The van der Waals surface area contributed by atoms with Crippen LogP contribution in [0.5, 0.6) is 0 Å². The molecule has 1 aliphatic rings. The maximum atomic E-state index is 9.00. The van der Waals surface area contributed by atoms with Gasteiger partial charge in [0.1, 0.15) is 0 Å². The lowest BCUT2D eigenvalue weighted by Gasteiger charge is -2.07. The van der Waals surface area contributed by atoms with Gasteiger partial charge < -0.3 is 5.11 Å². The van der Waals surface area contributed by atoms with Gasteiger partial charge in [0, 0.05) is 11.6 Å². The normalized spacial score (nSPS) is 17.7. The Balaban J connectivity index is 2.03. The van der Waals surface area contributed by atoms with Crippen LogP contribution in [0, 0.1) is 0 Å². The number of hydrogen-bond donors (Lipinski definition) is 1. The van der Waals surface area contributed by atoms with Gasteiger partial charge in [0.25, 0.3) is 0 Å². The molecule has 0 saturated carbocycles. The molecule has 0 spiro atoms. The molecule has 2 aromatic rings. The van der Waals surface area contributed by atoms with Crippen molar-refractivity contribution in [1.82, 2.24) is 9.78 Å². The summed E-state index contributed by atoms with van der Waals surface area (Å²) >= 11 is 0. The minimum Gasteiger partial charge on any atom is -0.390 e. The number of aliphatic hydroxyl groups excluding tert-OH is 1. The lowest BCUT2D eigenvalue weighted by molar-refractivity contribution is 0.274. The van der Waals surface area contributed by atoms with Crippen molar-refractivity contribution in [3.8, 4) is 0 Å². The van der Waals surface area contributed by atoms with Crippen LogP contribution in [0.15, 0.2) is 46.6 Å². The third kappa shape index (κ3) is 1.33. The number of benzene rings is 1. The Hall–Kier alpha value is -2.01. The molecule has 80 valence electrons. The number of fused-ring (bicyclic) bond motifs is 1. The molecule has 16 heavy (non-hydrogen) atoms. The van der Waals surface area contributed by atoms with E-state index in [9.17, 15) is 0 Å². The third-order valence-electron chi connectivity index (χ3n) is 2.53. The van der Waals surface area contributed by atoms with Gasteiger partial charge in [-0.3, -0.25) is 0 Å². The van der Waals surface area contributed by atoms with E-state index in [1.165, 1.54) is 0 Å². The highest BCUT2D eigenvalue weighted by Crippen LogP contribution is 2.32. The first kappa shape index (κ1) is 9.23. The zero-order valence-corrected chi connectivity index (χ0v) is 8.48. The van der Waals surface area contributed by atoms with E-state index in [1.807, 2.05) is 30.3 Å². The Morgan fingerprint density at radius 1 is 1.25 bits per heavy atom. The van der Waals surface area contributed by atoms with Crippen molar-refractivity contribution >= 4 is 5.82 Å². The predicted octanol–water partition coefficient (Wildman–Crippen LogP) is 2.02. The van der Waals surface area contributed by atoms with Crippen LogP contribution in [0.3, 0.4) is 0 Å². The van der Waals surface area contributed by atoms with Crippen LogP contribution in [0.1, 0.15) is 17.4 Å². The van der Waals surface area contributed by atoms with Crippen LogP contribution >= 0.6 is 0 Å². The molecule has 2 heterocycles. The van der Waals surface area contributed by atoms with Gasteiger partial charge in [-0.15, -0.1) is 5.11 Å². The van der Waals surface area contributed by atoms with Crippen molar-refractivity contribution in [2.24, 2.45) is 10.2 Å². The monoisotopic (exact) mass is 214 g/mol. The molecular formula is C11H10N4O. The highest BCUT2D eigenvalue weighted by atomic mass is 16.3. The summed E-state index contributed by atoms with van der Waals surface area (Å²) in [6.07, 6.45) is -0.198. The van der Waals surface area contributed by atoms with Gasteiger partial charge in [0.2, 0.25) is 0 Å². The molecule has 1 unspecified atom stereocenters. The second-order valence-electron chi connectivity index (χ2n) is 3.60. The zero-order valence-electron chi connectivity index (χ0n) is 8.48. The van der Waals surface area contributed by atoms with Crippen LogP contribution in [0.2, 0.25) is 0 Å². The zero-order chi connectivity index (χ0) is 11.0. The fourth-order valence-electron chi connectivity index (χ4n) is 1.76. The van der Waals surface area contributed by atoms with Crippen LogP contribution in [0.4, 0.5) is 5.82 Å². The average molecular weight is 214 g/mol. The predicted molar refractivity (Wildman–Crippen MR) is 57.2 cm³/mol. The summed E-state index contributed by atoms with van der Waals surface area (Å²) in [6, 6.07) is 11.6. The van der Waals surface area contributed by atoms with Crippen molar-refractivity contribution in [2.75, 3.05) is 0 Å². The second kappa shape index (κ2) is 3.53. The molecule has 0 aliphatic carbocycles. The van der Waals surface area contributed by atoms with Gasteiger partial charge in [0.05, 0.1) is 12.3 Å². The van der Waals surface area contributed by atoms with E-state index in [0.717, 1.165) is 5.56 Å². The van der Waals surface area contributed by atoms with E-state index in [1.54, 1.807) is 10.7 Å². The second-order valence-corrected chi connectivity index (χ2v) is 3.60. The number of aliphatic hydroxyl groups is 1. The van der Waals surface area contributed by atoms with E-state index in [-0.39, 0.29) is 12.8 Å². The molecule has 5 heteroatoms. The van der Waals surface area contributed by atoms with E-state index in [2.05, 4.69) is 15.3 Å². The third-order valence-corrected chi connectivity index (χ3v) is 2.53. The lowest BCUT2D eigenvalue weighted by Crippen LogP contribution is -2.06. The topological polar surface area (TPSA) is 62.8 Å². The van der Waals surface area contributed by atoms with E-state index in [4.69, 9.17) is 5.11 Å². The molecule has 5 nitrogen and oxygen atoms in total. The minimum absolute atomic E-state index is 0.0724. The first-order chi connectivity index (χ1) is 7.88. The van der Waals surface area contributed by atoms with E-state index >= 15 is 0 Å². The van der Waals surface area contributed by atoms with Crippen molar-refractivity contribution in [1.29, 1.82) is 0 Å². The van der Waals surface area contributed by atoms with Gasteiger partial charge in [-0.25, -0.2) is 4.68 Å². The summed E-state index contributed by atoms with van der Waals surface area (Å²) in [6.45, 7) is -0.0724. The van der Waals surface area contributed by atoms with Crippen LogP contribution in [0.25, 0.3) is 0 Å². The molecule has 1 atom stereocenters. The molecule has 1 aromatic carbocycles. The SMILES string of the molecule is OCc1cc2n(n1)C(c1ccccc1)N=N2. The van der Waals surface area contributed by atoms with Gasteiger partial charge in [-0.2, -0.15) is 10.2 Å².